The van der Waals surface area contributed by atoms with Crippen LogP contribution in [-0.4, -0.2) is 54.2 Å². The Morgan fingerprint density at radius 3 is 2.79 bits per heavy atom. The van der Waals surface area contributed by atoms with Gasteiger partial charge in [0.1, 0.15) is 6.04 Å². The van der Waals surface area contributed by atoms with Gasteiger partial charge in [-0.2, -0.15) is 0 Å². The Labute approximate surface area is 113 Å². The first-order valence-corrected chi connectivity index (χ1v) is 6.48. The fraction of sp³-hybridized carbons (Fsp3) is 0.692. The number of amides is 1. The fourth-order valence-corrected chi connectivity index (χ4v) is 2.30. The molecule has 3 N–H and O–H groups in total. The number of hydrogen-bond donors (Lipinski definition) is 3. The highest BCUT2D eigenvalue weighted by Gasteiger charge is 2.35. The lowest BCUT2D eigenvalue weighted by Gasteiger charge is -2.21. The lowest BCUT2D eigenvalue weighted by Crippen LogP contribution is -2.40. The Kier molecular flexibility index (Phi) is 5.98. The maximum atomic E-state index is 11.0. The van der Waals surface area contributed by atoms with Crippen molar-refractivity contribution in [2.45, 2.75) is 31.8 Å². The van der Waals surface area contributed by atoms with E-state index in [1.807, 2.05) is 18.0 Å². The molecule has 3 atom stereocenters. The number of rotatable bonds is 7. The number of carbonyl (C=O) groups excluding carboxylic acids is 1. The number of carboxylic acid groups (broad SMARTS) is 1. The quantitative estimate of drug-likeness (QED) is 0.448. The third-order valence-electron chi connectivity index (χ3n) is 3.46. The summed E-state index contributed by atoms with van der Waals surface area (Å²) < 4.78 is 0. The molecule has 1 amide bonds. The molecule has 6 heteroatoms. The smallest absolute Gasteiger partial charge is 0.320 e. The Morgan fingerprint density at radius 1 is 1.58 bits per heavy atom. The van der Waals surface area contributed by atoms with Crippen molar-refractivity contribution in [2.75, 3.05) is 20.3 Å². The monoisotopic (exact) mass is 269 g/mol. The highest BCUT2D eigenvalue weighted by Crippen LogP contribution is 2.24. The van der Waals surface area contributed by atoms with Gasteiger partial charge in [-0.05, 0) is 25.8 Å². The molecular formula is C13H23N3O3. The van der Waals surface area contributed by atoms with Crippen LogP contribution in [-0.2, 0) is 9.59 Å². The average molecular weight is 269 g/mol. The molecule has 108 valence electrons. The molecule has 1 aliphatic heterocycles. The summed E-state index contributed by atoms with van der Waals surface area (Å²) in [6.07, 6.45) is 3.25. The van der Waals surface area contributed by atoms with E-state index in [2.05, 4.69) is 17.2 Å². The van der Waals surface area contributed by atoms with Crippen LogP contribution in [0.3, 0.4) is 0 Å². The maximum absolute atomic E-state index is 11.0. The summed E-state index contributed by atoms with van der Waals surface area (Å²) in [5.74, 6) is -0.669. The first kappa shape index (κ1) is 15.7. The van der Waals surface area contributed by atoms with E-state index in [4.69, 9.17) is 5.11 Å². The minimum absolute atomic E-state index is 0.0549. The molecule has 1 aliphatic rings. The van der Waals surface area contributed by atoms with Crippen molar-refractivity contribution in [1.29, 1.82) is 0 Å². The molecule has 0 radical (unpaired) electrons. The second-order valence-corrected chi connectivity index (χ2v) is 5.06. The molecule has 0 aromatic carbocycles. The van der Waals surface area contributed by atoms with Crippen LogP contribution in [0.1, 0.15) is 19.8 Å². The molecule has 1 heterocycles. The Bertz CT molecular complexity index is 346. The first-order chi connectivity index (χ1) is 8.93. The third kappa shape index (κ3) is 5.00. The maximum Gasteiger partial charge on any atom is 0.320 e. The average Bonchev–Trinajstić information content (AvgIpc) is 2.77. The van der Waals surface area contributed by atoms with Gasteiger partial charge < -0.3 is 15.7 Å². The fourth-order valence-electron chi connectivity index (χ4n) is 2.30. The van der Waals surface area contributed by atoms with Crippen molar-refractivity contribution in [3.63, 3.8) is 0 Å². The van der Waals surface area contributed by atoms with Crippen molar-refractivity contribution in [3.05, 3.63) is 12.7 Å². The van der Waals surface area contributed by atoms with Crippen LogP contribution in [0.25, 0.3) is 0 Å². The molecule has 0 aliphatic carbocycles. The zero-order valence-electron chi connectivity index (χ0n) is 11.6. The zero-order chi connectivity index (χ0) is 14.4. The van der Waals surface area contributed by atoms with E-state index in [1.54, 1.807) is 0 Å². The van der Waals surface area contributed by atoms with E-state index in [0.717, 1.165) is 13.0 Å². The summed E-state index contributed by atoms with van der Waals surface area (Å²) in [6, 6.07) is -0.341. The molecule has 0 spiro atoms. The molecular weight excluding hydrogens is 246 g/mol. The normalized spacial score (nSPS) is 26.4. The molecule has 0 bridgehead atoms. The van der Waals surface area contributed by atoms with Gasteiger partial charge in [-0.1, -0.05) is 6.08 Å². The van der Waals surface area contributed by atoms with Crippen LogP contribution in [0.4, 0.5) is 0 Å². The van der Waals surface area contributed by atoms with Crippen molar-refractivity contribution >= 4 is 11.9 Å². The summed E-state index contributed by atoms with van der Waals surface area (Å²) in [5, 5.41) is 14.9. The minimum atomic E-state index is -0.805. The highest BCUT2D eigenvalue weighted by atomic mass is 16.4. The van der Waals surface area contributed by atoms with Crippen LogP contribution in [0, 0.1) is 5.92 Å². The Balaban J connectivity index is 2.37. The van der Waals surface area contributed by atoms with E-state index < -0.39 is 12.0 Å². The molecule has 0 aromatic heterocycles. The van der Waals surface area contributed by atoms with Crippen molar-refractivity contribution in [2.24, 2.45) is 5.92 Å². The number of carboxylic acids is 1. The lowest BCUT2D eigenvalue weighted by molar-refractivity contribution is -0.139. The summed E-state index contributed by atoms with van der Waals surface area (Å²) in [7, 11) is 1.92. The second-order valence-electron chi connectivity index (χ2n) is 5.06. The molecule has 19 heavy (non-hydrogen) atoms. The Morgan fingerprint density at radius 2 is 2.26 bits per heavy atom. The largest absolute Gasteiger partial charge is 0.480 e. The van der Waals surface area contributed by atoms with Gasteiger partial charge in [0.2, 0.25) is 5.91 Å². The van der Waals surface area contributed by atoms with Gasteiger partial charge in [-0.3, -0.25) is 14.5 Å². The number of nitrogens with one attached hydrogen (secondary N) is 2. The van der Waals surface area contributed by atoms with E-state index >= 15 is 0 Å². The van der Waals surface area contributed by atoms with E-state index in [1.165, 1.54) is 6.92 Å². The molecule has 1 saturated heterocycles. The van der Waals surface area contributed by atoms with Crippen LogP contribution in [0.15, 0.2) is 12.7 Å². The van der Waals surface area contributed by atoms with Crippen molar-refractivity contribution < 1.29 is 14.7 Å². The summed E-state index contributed by atoms with van der Waals surface area (Å²) in [6.45, 7) is 6.54. The van der Waals surface area contributed by atoms with Gasteiger partial charge in [-0.15, -0.1) is 6.58 Å². The topological polar surface area (TPSA) is 81.7 Å². The first-order valence-electron chi connectivity index (χ1n) is 6.48. The number of nitrogens with zero attached hydrogens (tertiary/aromatic N) is 1. The van der Waals surface area contributed by atoms with E-state index in [0.29, 0.717) is 13.1 Å². The predicted octanol–water partition coefficient (Wildman–Crippen LogP) is 0.0192. The predicted molar refractivity (Wildman–Crippen MR) is 72.6 cm³/mol. The standard InChI is InChI=1S/C13H23N3O3/c1-4-10-7-12(13(18)19)15-11(10)5-6-16(3)8-14-9(2)17/h4,10-12,15H,1,5-8H2,2-3H3,(H,14,17)(H,18,19)/t10-,11-,12-/m1/s1. The molecule has 0 saturated carbocycles. The van der Waals surface area contributed by atoms with Gasteiger partial charge in [0.15, 0.2) is 0 Å². The zero-order valence-corrected chi connectivity index (χ0v) is 11.6. The lowest BCUT2D eigenvalue weighted by atomic mass is 9.97. The van der Waals surface area contributed by atoms with Crippen LogP contribution in [0.5, 0.6) is 0 Å². The van der Waals surface area contributed by atoms with Crippen LogP contribution in [0.2, 0.25) is 0 Å². The SMILES string of the molecule is C=C[C@@H]1C[C@H](C(=O)O)N[C@@H]1CCN(C)CNC(C)=O. The molecule has 1 rings (SSSR count). The number of hydrogen-bond acceptors (Lipinski definition) is 4. The van der Waals surface area contributed by atoms with E-state index in [-0.39, 0.29) is 17.9 Å². The number of carbonyl (C=O) groups is 2. The second kappa shape index (κ2) is 7.25. The van der Waals surface area contributed by atoms with Gasteiger partial charge in [0, 0.05) is 19.5 Å². The van der Waals surface area contributed by atoms with Crippen LogP contribution >= 0.6 is 0 Å². The van der Waals surface area contributed by atoms with Crippen LogP contribution < -0.4 is 10.6 Å². The van der Waals surface area contributed by atoms with Gasteiger partial charge in [-0.25, -0.2) is 0 Å². The third-order valence-corrected chi connectivity index (χ3v) is 3.46. The van der Waals surface area contributed by atoms with Crippen molar-refractivity contribution in [3.8, 4) is 0 Å². The van der Waals surface area contributed by atoms with Gasteiger partial charge >= 0.3 is 5.97 Å². The van der Waals surface area contributed by atoms with Gasteiger partial charge in [0.25, 0.3) is 0 Å². The minimum Gasteiger partial charge on any atom is -0.480 e. The summed E-state index contributed by atoms with van der Waals surface area (Å²) in [5.41, 5.74) is 0. The molecule has 1 fully saturated rings. The molecule has 6 nitrogen and oxygen atoms in total. The summed E-state index contributed by atoms with van der Waals surface area (Å²) in [4.78, 5) is 23.8. The highest BCUT2D eigenvalue weighted by molar-refractivity contribution is 5.74. The molecule has 0 unspecified atom stereocenters. The number of aliphatic carboxylic acids is 1. The Hall–Kier alpha value is -1.40. The van der Waals surface area contributed by atoms with E-state index in [9.17, 15) is 9.59 Å². The summed E-state index contributed by atoms with van der Waals surface area (Å²) >= 11 is 0. The molecule has 0 aromatic rings. The van der Waals surface area contributed by atoms with Crippen molar-refractivity contribution in [1.82, 2.24) is 15.5 Å². The van der Waals surface area contributed by atoms with Gasteiger partial charge in [0.05, 0.1) is 6.67 Å².